The average molecular weight is 312 g/mol. The molecule has 0 aromatic heterocycles. The number of carbonyl (C=O) groups is 1. The van der Waals surface area contributed by atoms with Crippen LogP contribution in [0.4, 0.5) is 0 Å². The Morgan fingerprint density at radius 3 is 2.38 bits per heavy atom. The normalized spacial score (nSPS) is 11.7. The van der Waals surface area contributed by atoms with Crippen molar-refractivity contribution in [1.82, 2.24) is 9.21 Å². The lowest BCUT2D eigenvalue weighted by atomic mass is 10.2. The van der Waals surface area contributed by atoms with E-state index in [0.29, 0.717) is 18.7 Å². The lowest BCUT2D eigenvalue weighted by Crippen LogP contribution is -2.32. The van der Waals surface area contributed by atoms with Gasteiger partial charge in [0.05, 0.1) is 4.90 Å². The number of hydrogen-bond donors (Lipinski definition) is 0. The molecule has 0 aliphatic rings. The molecule has 0 spiro atoms. The third-order valence-corrected chi connectivity index (χ3v) is 5.21. The summed E-state index contributed by atoms with van der Waals surface area (Å²) in [5.41, 5.74) is 0.382. The van der Waals surface area contributed by atoms with Crippen LogP contribution in [0, 0.1) is 0 Å². The molecule has 0 radical (unpaired) electrons. The van der Waals surface area contributed by atoms with Gasteiger partial charge in [-0.25, -0.2) is 8.42 Å². The first-order chi connectivity index (χ1) is 9.84. The third kappa shape index (κ3) is 4.28. The maximum atomic E-state index is 12.6. The van der Waals surface area contributed by atoms with E-state index in [4.69, 9.17) is 0 Å². The molecular weight excluding hydrogens is 288 g/mol. The summed E-state index contributed by atoms with van der Waals surface area (Å²) < 4.78 is 26.7. The summed E-state index contributed by atoms with van der Waals surface area (Å²) in [6, 6.07) is 6.23. The fourth-order valence-electron chi connectivity index (χ4n) is 1.98. The second-order valence-corrected chi connectivity index (χ2v) is 7.02. The summed E-state index contributed by atoms with van der Waals surface area (Å²) in [6.45, 7) is 4.77. The highest BCUT2D eigenvalue weighted by molar-refractivity contribution is 7.89. The predicted molar refractivity (Wildman–Crippen MR) is 83.8 cm³/mol. The van der Waals surface area contributed by atoms with Gasteiger partial charge in [-0.15, -0.1) is 0 Å². The van der Waals surface area contributed by atoms with Gasteiger partial charge in [-0.05, 0) is 24.6 Å². The number of benzene rings is 1. The largest absolute Gasteiger partial charge is 0.345 e. The Kier molecular flexibility index (Phi) is 6.36. The van der Waals surface area contributed by atoms with Gasteiger partial charge in [0.1, 0.15) is 0 Å². The number of unbranched alkanes of at least 4 members (excludes halogenated alkanes) is 1. The van der Waals surface area contributed by atoms with Gasteiger partial charge >= 0.3 is 0 Å². The van der Waals surface area contributed by atoms with Crippen LogP contribution in [-0.4, -0.2) is 50.7 Å². The molecule has 118 valence electrons. The Hall–Kier alpha value is -1.40. The van der Waals surface area contributed by atoms with E-state index in [1.165, 1.54) is 21.3 Å². The number of hydrogen-bond acceptors (Lipinski definition) is 3. The standard InChI is InChI=1S/C15H24N2O3S/c1-5-7-11-17(6-2)21(19,20)14-10-8-9-13(12-14)15(18)16(3)4/h8-10,12H,5-7,11H2,1-4H3. The maximum Gasteiger partial charge on any atom is 0.253 e. The molecule has 0 saturated carbocycles. The summed E-state index contributed by atoms with van der Waals surface area (Å²) in [4.78, 5) is 13.6. The fourth-order valence-corrected chi connectivity index (χ4v) is 3.51. The molecule has 0 bridgehead atoms. The van der Waals surface area contributed by atoms with Crippen molar-refractivity contribution in [3.8, 4) is 0 Å². The van der Waals surface area contributed by atoms with Crippen LogP contribution >= 0.6 is 0 Å². The van der Waals surface area contributed by atoms with E-state index < -0.39 is 10.0 Å². The summed E-state index contributed by atoms with van der Waals surface area (Å²) >= 11 is 0. The monoisotopic (exact) mass is 312 g/mol. The van der Waals surface area contributed by atoms with Crippen molar-refractivity contribution in [3.05, 3.63) is 29.8 Å². The highest BCUT2D eigenvalue weighted by Gasteiger charge is 2.23. The number of amides is 1. The molecule has 0 saturated heterocycles. The molecule has 1 amide bonds. The minimum absolute atomic E-state index is 0.174. The number of nitrogens with zero attached hydrogens (tertiary/aromatic N) is 2. The molecule has 21 heavy (non-hydrogen) atoms. The molecule has 5 nitrogen and oxygen atoms in total. The van der Waals surface area contributed by atoms with Gasteiger partial charge in [-0.3, -0.25) is 4.79 Å². The fraction of sp³-hybridized carbons (Fsp3) is 0.533. The Labute approximate surface area is 127 Å². The SMILES string of the molecule is CCCCN(CC)S(=O)(=O)c1cccc(C(=O)N(C)C)c1. The van der Waals surface area contributed by atoms with Crippen LogP contribution in [0.25, 0.3) is 0 Å². The van der Waals surface area contributed by atoms with Crippen LogP contribution in [0.2, 0.25) is 0 Å². The van der Waals surface area contributed by atoms with Crippen molar-refractivity contribution < 1.29 is 13.2 Å². The molecule has 0 aliphatic heterocycles. The molecule has 0 fully saturated rings. The van der Waals surface area contributed by atoms with Gasteiger partial charge < -0.3 is 4.90 Å². The molecule has 0 N–H and O–H groups in total. The number of rotatable bonds is 7. The summed E-state index contributed by atoms with van der Waals surface area (Å²) in [5, 5.41) is 0. The first kappa shape index (κ1) is 17.7. The van der Waals surface area contributed by atoms with Crippen LogP contribution in [0.3, 0.4) is 0 Å². The summed E-state index contributed by atoms with van der Waals surface area (Å²) in [7, 11) is -0.259. The number of carbonyl (C=O) groups excluding carboxylic acids is 1. The topological polar surface area (TPSA) is 57.7 Å². The van der Waals surface area contributed by atoms with Crippen molar-refractivity contribution in [3.63, 3.8) is 0 Å². The van der Waals surface area contributed by atoms with Crippen LogP contribution in [-0.2, 0) is 10.0 Å². The van der Waals surface area contributed by atoms with E-state index in [2.05, 4.69) is 0 Å². The van der Waals surface area contributed by atoms with Crippen molar-refractivity contribution >= 4 is 15.9 Å². The van der Waals surface area contributed by atoms with Crippen molar-refractivity contribution in [2.24, 2.45) is 0 Å². The Morgan fingerprint density at radius 2 is 1.86 bits per heavy atom. The van der Waals surface area contributed by atoms with Crippen LogP contribution in [0.5, 0.6) is 0 Å². The molecule has 1 rings (SSSR count). The van der Waals surface area contributed by atoms with E-state index in [1.54, 1.807) is 26.2 Å². The first-order valence-corrected chi connectivity index (χ1v) is 8.60. The zero-order valence-electron chi connectivity index (χ0n) is 13.2. The Bertz CT molecular complexity index is 582. The van der Waals surface area contributed by atoms with Crippen molar-refractivity contribution in [2.45, 2.75) is 31.6 Å². The van der Waals surface area contributed by atoms with Gasteiger partial charge in [0, 0.05) is 32.7 Å². The summed E-state index contributed by atoms with van der Waals surface area (Å²) in [5.74, 6) is -0.205. The molecule has 0 heterocycles. The first-order valence-electron chi connectivity index (χ1n) is 7.16. The maximum absolute atomic E-state index is 12.6. The van der Waals surface area contributed by atoms with Gasteiger partial charge in [0.15, 0.2) is 0 Å². The van der Waals surface area contributed by atoms with Gasteiger partial charge in [0.2, 0.25) is 10.0 Å². The summed E-state index contributed by atoms with van der Waals surface area (Å²) in [6.07, 6.45) is 1.76. The highest BCUT2D eigenvalue weighted by Crippen LogP contribution is 2.18. The van der Waals surface area contributed by atoms with Crippen LogP contribution < -0.4 is 0 Å². The van der Waals surface area contributed by atoms with E-state index in [0.717, 1.165) is 12.8 Å². The Morgan fingerprint density at radius 1 is 1.19 bits per heavy atom. The van der Waals surface area contributed by atoms with Crippen molar-refractivity contribution in [2.75, 3.05) is 27.2 Å². The molecule has 0 aliphatic carbocycles. The second-order valence-electron chi connectivity index (χ2n) is 5.08. The number of sulfonamides is 1. The third-order valence-electron chi connectivity index (χ3n) is 3.24. The molecule has 1 aromatic rings. The quantitative estimate of drug-likeness (QED) is 0.775. The molecule has 0 atom stereocenters. The molecule has 6 heteroatoms. The smallest absolute Gasteiger partial charge is 0.253 e. The highest BCUT2D eigenvalue weighted by atomic mass is 32.2. The van der Waals surface area contributed by atoms with Gasteiger partial charge in [0.25, 0.3) is 5.91 Å². The second kappa shape index (κ2) is 7.56. The Balaban J connectivity index is 3.13. The van der Waals surface area contributed by atoms with E-state index in [1.807, 2.05) is 13.8 Å². The molecule has 0 unspecified atom stereocenters. The minimum Gasteiger partial charge on any atom is -0.345 e. The minimum atomic E-state index is -3.54. The van der Waals surface area contributed by atoms with Gasteiger partial charge in [-0.1, -0.05) is 26.3 Å². The lowest BCUT2D eigenvalue weighted by molar-refractivity contribution is 0.0827. The zero-order valence-corrected chi connectivity index (χ0v) is 14.0. The van der Waals surface area contributed by atoms with E-state index >= 15 is 0 Å². The van der Waals surface area contributed by atoms with Crippen molar-refractivity contribution in [1.29, 1.82) is 0 Å². The lowest BCUT2D eigenvalue weighted by Gasteiger charge is -2.20. The van der Waals surface area contributed by atoms with E-state index in [9.17, 15) is 13.2 Å². The predicted octanol–water partition coefficient (Wildman–Crippen LogP) is 2.20. The molecular formula is C15H24N2O3S. The molecule has 1 aromatic carbocycles. The van der Waals surface area contributed by atoms with Crippen LogP contribution in [0.1, 0.15) is 37.0 Å². The average Bonchev–Trinajstić information content (AvgIpc) is 2.47. The zero-order chi connectivity index (χ0) is 16.0. The van der Waals surface area contributed by atoms with Crippen LogP contribution in [0.15, 0.2) is 29.2 Å². The van der Waals surface area contributed by atoms with Gasteiger partial charge in [-0.2, -0.15) is 4.31 Å². The van der Waals surface area contributed by atoms with E-state index in [-0.39, 0.29) is 10.8 Å².